The predicted octanol–water partition coefficient (Wildman–Crippen LogP) is -1.55. The summed E-state index contributed by atoms with van der Waals surface area (Å²) >= 11 is 0. The van der Waals surface area contributed by atoms with Crippen molar-refractivity contribution >= 4 is 18.4 Å². The average Bonchev–Trinajstić information content (AvgIpc) is 2.15. The number of benzene rings is 1. The summed E-state index contributed by atoms with van der Waals surface area (Å²) in [4.78, 5) is 10.5. The minimum Gasteiger partial charge on any atom is -0.500 e. The van der Waals surface area contributed by atoms with E-state index >= 15 is 0 Å². The minimum absolute atomic E-state index is 0. The van der Waals surface area contributed by atoms with E-state index in [1.54, 1.807) is 0 Å². The normalized spacial score (nSPS) is 10.5. The molecule has 0 radical (unpaired) electrons. The monoisotopic (exact) mass is 258 g/mol. The average molecular weight is 258 g/mol. The molecule has 0 unspecified atom stereocenters. The summed E-state index contributed by atoms with van der Waals surface area (Å²) in [6.45, 7) is -5.27. The van der Waals surface area contributed by atoms with Crippen LogP contribution in [-0.2, 0) is 0 Å². The molecular weight excluding hydrogens is 251 g/mol. The molecular formula is C8H7BF3KO3. The van der Waals surface area contributed by atoms with Crippen LogP contribution in [0.15, 0.2) is 18.2 Å². The fraction of sp³-hybridized carbons (Fsp3) is 0.125. The summed E-state index contributed by atoms with van der Waals surface area (Å²) in [7, 11) is 1.10. The van der Waals surface area contributed by atoms with Crippen LogP contribution >= 0.6 is 0 Å². The summed E-state index contributed by atoms with van der Waals surface area (Å²) in [5.41, 5.74) is -1.44. The molecule has 0 spiro atoms. The molecule has 0 amide bonds. The molecule has 1 N–H and O–H groups in total. The van der Waals surface area contributed by atoms with Crippen LogP contribution in [0.5, 0.6) is 5.75 Å². The maximum Gasteiger partial charge on any atom is 1.00 e. The topological polar surface area (TPSA) is 46.5 Å². The van der Waals surface area contributed by atoms with Gasteiger partial charge in [0.2, 0.25) is 0 Å². The first kappa shape index (κ1) is 16.0. The van der Waals surface area contributed by atoms with Crippen LogP contribution < -0.4 is 61.6 Å². The van der Waals surface area contributed by atoms with Gasteiger partial charge < -0.3 is 22.8 Å². The molecule has 3 nitrogen and oxygen atoms in total. The van der Waals surface area contributed by atoms with E-state index in [0.29, 0.717) is 6.07 Å². The first-order valence-electron chi connectivity index (χ1n) is 3.97. The van der Waals surface area contributed by atoms with Crippen molar-refractivity contribution in [3.63, 3.8) is 0 Å². The van der Waals surface area contributed by atoms with E-state index in [-0.39, 0.29) is 57.1 Å². The molecule has 8 heteroatoms. The second-order valence-electron chi connectivity index (χ2n) is 2.84. The molecule has 1 rings (SSSR count). The van der Waals surface area contributed by atoms with Gasteiger partial charge in [-0.15, -0.1) is 0 Å². The number of carboxylic acid groups (broad SMARTS) is 1. The zero-order chi connectivity index (χ0) is 11.6. The Hall–Kier alpha value is -0.0187. The molecule has 82 valence electrons. The quantitative estimate of drug-likeness (QED) is 0.668. The van der Waals surface area contributed by atoms with Crippen LogP contribution in [-0.4, -0.2) is 25.2 Å². The third-order valence-corrected chi connectivity index (χ3v) is 1.83. The second kappa shape index (κ2) is 6.06. The maximum absolute atomic E-state index is 12.5. The molecule has 0 saturated heterocycles. The summed E-state index contributed by atoms with van der Waals surface area (Å²) in [5, 5.41) is 8.54. The molecule has 0 aromatic heterocycles. The standard InChI is InChI=1S/C8H7BF3O3.K/c1-15-7-3-2-5(8(13)14)4-6(7)9(10,11)12;/h2-4H,1H3,(H,13,14);/q-1;+1. The van der Waals surface area contributed by atoms with Crippen LogP contribution in [0, 0.1) is 0 Å². The number of hydrogen-bond acceptors (Lipinski definition) is 2. The third-order valence-electron chi connectivity index (χ3n) is 1.83. The zero-order valence-electron chi connectivity index (χ0n) is 8.71. The van der Waals surface area contributed by atoms with Gasteiger partial charge in [-0.2, -0.15) is 0 Å². The number of methoxy groups -OCH3 is 1. The third kappa shape index (κ3) is 3.78. The summed E-state index contributed by atoms with van der Waals surface area (Å²) < 4.78 is 41.9. The minimum atomic E-state index is -5.27. The molecule has 0 aliphatic rings. The summed E-state index contributed by atoms with van der Waals surface area (Å²) in [6.07, 6.45) is 0. The number of carboxylic acids is 1. The van der Waals surface area contributed by atoms with E-state index in [4.69, 9.17) is 5.11 Å². The Kier molecular flexibility index (Phi) is 6.05. The van der Waals surface area contributed by atoms with Gasteiger partial charge >= 0.3 is 64.3 Å². The van der Waals surface area contributed by atoms with Gasteiger partial charge in [0.05, 0.1) is 18.4 Å². The number of ether oxygens (including phenoxy) is 1. The van der Waals surface area contributed by atoms with Crippen molar-refractivity contribution in [2.24, 2.45) is 0 Å². The molecule has 0 heterocycles. The van der Waals surface area contributed by atoms with Gasteiger partial charge in [0, 0.05) is 0 Å². The van der Waals surface area contributed by atoms with Gasteiger partial charge in [0.1, 0.15) is 0 Å². The van der Waals surface area contributed by atoms with Crippen molar-refractivity contribution in [1.29, 1.82) is 0 Å². The van der Waals surface area contributed by atoms with Crippen LogP contribution in [0.4, 0.5) is 12.9 Å². The van der Waals surface area contributed by atoms with Crippen molar-refractivity contribution < 1.29 is 79.0 Å². The molecule has 0 saturated carbocycles. The van der Waals surface area contributed by atoms with E-state index in [1.165, 1.54) is 0 Å². The molecule has 1 aromatic rings. The van der Waals surface area contributed by atoms with Crippen LogP contribution in [0.1, 0.15) is 10.4 Å². The fourth-order valence-corrected chi connectivity index (χ4v) is 1.12. The Bertz CT molecular complexity index is 395. The van der Waals surface area contributed by atoms with Gasteiger partial charge in [-0.3, -0.25) is 0 Å². The van der Waals surface area contributed by atoms with Gasteiger partial charge in [0.15, 0.2) is 0 Å². The molecule has 1 aromatic carbocycles. The Morgan fingerprint density at radius 2 is 1.94 bits per heavy atom. The van der Waals surface area contributed by atoms with Crippen LogP contribution in [0.3, 0.4) is 0 Å². The number of carbonyl (C=O) groups is 1. The second-order valence-corrected chi connectivity index (χ2v) is 2.84. The Morgan fingerprint density at radius 3 is 2.31 bits per heavy atom. The molecule has 0 aliphatic carbocycles. The summed E-state index contributed by atoms with van der Waals surface area (Å²) in [6, 6.07) is 2.63. The zero-order valence-corrected chi connectivity index (χ0v) is 11.8. The molecule has 0 aliphatic heterocycles. The smallest absolute Gasteiger partial charge is 0.500 e. The van der Waals surface area contributed by atoms with Crippen LogP contribution in [0.2, 0.25) is 0 Å². The van der Waals surface area contributed by atoms with Crippen molar-refractivity contribution in [1.82, 2.24) is 0 Å². The SMILES string of the molecule is COc1ccc(C(=O)O)cc1[B-](F)(F)F.[K+]. The van der Waals surface area contributed by atoms with Gasteiger partial charge in [0.25, 0.3) is 0 Å². The van der Waals surface area contributed by atoms with E-state index in [0.717, 1.165) is 19.2 Å². The number of aromatic carboxylic acids is 1. The van der Waals surface area contributed by atoms with Crippen molar-refractivity contribution in [2.75, 3.05) is 7.11 Å². The number of hydrogen-bond donors (Lipinski definition) is 1. The van der Waals surface area contributed by atoms with E-state index in [9.17, 15) is 17.7 Å². The molecule has 16 heavy (non-hydrogen) atoms. The fourth-order valence-electron chi connectivity index (χ4n) is 1.12. The van der Waals surface area contributed by atoms with E-state index in [1.807, 2.05) is 0 Å². The maximum atomic E-state index is 12.5. The van der Waals surface area contributed by atoms with Crippen molar-refractivity contribution in [3.05, 3.63) is 23.8 Å². The Balaban J connectivity index is 0.00000225. The Morgan fingerprint density at radius 1 is 1.38 bits per heavy atom. The van der Waals surface area contributed by atoms with Crippen LogP contribution in [0.25, 0.3) is 0 Å². The summed E-state index contributed by atoms with van der Waals surface area (Å²) in [5.74, 6) is -1.77. The predicted molar refractivity (Wildman–Crippen MR) is 48.7 cm³/mol. The number of rotatable bonds is 3. The molecule has 0 bridgehead atoms. The molecule has 0 fully saturated rings. The van der Waals surface area contributed by atoms with Gasteiger partial charge in [-0.1, -0.05) is 11.5 Å². The van der Waals surface area contributed by atoms with Gasteiger partial charge in [-0.25, -0.2) is 4.79 Å². The number of halogens is 3. The van der Waals surface area contributed by atoms with Crippen molar-refractivity contribution in [3.8, 4) is 5.75 Å². The first-order valence-corrected chi connectivity index (χ1v) is 3.97. The largest absolute Gasteiger partial charge is 1.00 e. The molecule has 0 atom stereocenters. The first-order chi connectivity index (χ1) is 6.86. The Labute approximate surface area is 132 Å². The van der Waals surface area contributed by atoms with E-state index < -0.39 is 24.0 Å². The van der Waals surface area contributed by atoms with Gasteiger partial charge in [-0.05, 0) is 12.1 Å². The van der Waals surface area contributed by atoms with E-state index in [2.05, 4.69) is 4.74 Å². The van der Waals surface area contributed by atoms with Crippen molar-refractivity contribution in [2.45, 2.75) is 0 Å².